The van der Waals surface area contributed by atoms with E-state index in [-0.39, 0.29) is 5.56 Å². The molecule has 1 aromatic rings. The molecule has 21 heavy (non-hydrogen) atoms. The zero-order valence-electron chi connectivity index (χ0n) is 12.5. The molecule has 1 N–H and O–H groups in total. The fourth-order valence-corrected chi connectivity index (χ4v) is 1.97. The van der Waals surface area contributed by atoms with Gasteiger partial charge in [-0.25, -0.2) is 9.78 Å². The third-order valence-electron chi connectivity index (χ3n) is 3.00. The van der Waals surface area contributed by atoms with E-state index in [0.29, 0.717) is 31.9 Å². The van der Waals surface area contributed by atoms with Crippen molar-refractivity contribution in [1.82, 2.24) is 4.98 Å². The summed E-state index contributed by atoms with van der Waals surface area (Å²) in [7, 11) is 1.60. The van der Waals surface area contributed by atoms with Crippen LogP contribution in [-0.4, -0.2) is 42.9 Å². The number of carbonyl (C=O) groups is 1. The highest BCUT2D eigenvalue weighted by Gasteiger charge is 2.13. The Labute approximate surface area is 125 Å². The number of nitrogens with zero attached hydrogens (tertiary/aromatic N) is 3. The second-order valence-electron chi connectivity index (χ2n) is 4.65. The van der Waals surface area contributed by atoms with Gasteiger partial charge in [-0.3, -0.25) is 0 Å². The molecule has 0 aromatic carbocycles. The zero-order chi connectivity index (χ0) is 15.7. The molecule has 6 nitrogen and oxygen atoms in total. The Bertz CT molecular complexity index is 511. The summed E-state index contributed by atoms with van der Waals surface area (Å²) < 4.78 is 5.06. The highest BCUT2D eigenvalue weighted by molar-refractivity contribution is 5.88. The van der Waals surface area contributed by atoms with Crippen LogP contribution >= 0.6 is 0 Å². The lowest BCUT2D eigenvalue weighted by Gasteiger charge is -2.23. The Morgan fingerprint density at radius 2 is 2.24 bits per heavy atom. The summed E-state index contributed by atoms with van der Waals surface area (Å²) in [6.07, 6.45) is 1.97. The van der Waals surface area contributed by atoms with E-state index < -0.39 is 5.97 Å². The summed E-state index contributed by atoms with van der Waals surface area (Å²) in [6, 6.07) is 5.25. The van der Waals surface area contributed by atoms with Crippen LogP contribution in [0.25, 0.3) is 0 Å². The van der Waals surface area contributed by atoms with Crippen LogP contribution in [0.4, 0.5) is 5.82 Å². The average molecular weight is 291 g/mol. The van der Waals surface area contributed by atoms with Crippen LogP contribution in [0.3, 0.4) is 0 Å². The normalized spacial score (nSPS) is 10.1. The van der Waals surface area contributed by atoms with Crippen molar-refractivity contribution in [2.75, 3.05) is 31.7 Å². The number of carboxylic acids is 1. The summed E-state index contributed by atoms with van der Waals surface area (Å²) in [4.78, 5) is 17.6. The van der Waals surface area contributed by atoms with E-state index in [9.17, 15) is 9.90 Å². The first kappa shape index (κ1) is 16.9. The smallest absolute Gasteiger partial charge is 0.335 e. The van der Waals surface area contributed by atoms with Crippen LogP contribution in [0.2, 0.25) is 0 Å². The molecule has 0 bridgehead atoms. The third kappa shape index (κ3) is 5.40. The van der Waals surface area contributed by atoms with Gasteiger partial charge in [0.15, 0.2) is 0 Å². The van der Waals surface area contributed by atoms with E-state index in [1.54, 1.807) is 19.2 Å². The maximum absolute atomic E-state index is 11.2. The summed E-state index contributed by atoms with van der Waals surface area (Å²) >= 11 is 0. The highest BCUT2D eigenvalue weighted by atomic mass is 16.5. The number of pyridine rings is 1. The van der Waals surface area contributed by atoms with Gasteiger partial charge in [0.2, 0.25) is 0 Å². The van der Waals surface area contributed by atoms with E-state index in [1.807, 2.05) is 11.8 Å². The second kappa shape index (κ2) is 8.93. The van der Waals surface area contributed by atoms with Crippen molar-refractivity contribution >= 4 is 11.8 Å². The van der Waals surface area contributed by atoms with Crippen molar-refractivity contribution in [2.24, 2.45) is 0 Å². The first-order valence-corrected chi connectivity index (χ1v) is 6.97. The molecule has 0 fully saturated rings. The SMILES string of the molecule is CCCc1cc(C(=O)O)cc(N(CCC#N)CCOC)n1. The number of rotatable bonds is 9. The van der Waals surface area contributed by atoms with Crippen molar-refractivity contribution in [2.45, 2.75) is 26.2 Å². The first-order chi connectivity index (χ1) is 10.1. The van der Waals surface area contributed by atoms with E-state index in [2.05, 4.69) is 11.1 Å². The van der Waals surface area contributed by atoms with E-state index in [0.717, 1.165) is 18.5 Å². The fraction of sp³-hybridized carbons (Fsp3) is 0.533. The molecule has 6 heteroatoms. The number of carboxylic acid groups (broad SMARTS) is 1. The number of nitriles is 1. The number of anilines is 1. The molecule has 0 saturated heterocycles. The largest absolute Gasteiger partial charge is 0.478 e. The molecular weight excluding hydrogens is 270 g/mol. The van der Waals surface area contributed by atoms with Gasteiger partial charge in [0.25, 0.3) is 0 Å². The highest BCUT2D eigenvalue weighted by Crippen LogP contribution is 2.17. The van der Waals surface area contributed by atoms with Crippen molar-refractivity contribution in [3.63, 3.8) is 0 Å². The molecule has 1 aromatic heterocycles. The van der Waals surface area contributed by atoms with E-state index in [4.69, 9.17) is 10.00 Å². The summed E-state index contributed by atoms with van der Waals surface area (Å²) in [5, 5.41) is 18.0. The molecule has 0 unspecified atom stereocenters. The maximum atomic E-state index is 11.2. The molecule has 0 radical (unpaired) electrons. The number of methoxy groups -OCH3 is 1. The summed E-state index contributed by atoms with van der Waals surface area (Å²) in [6.45, 7) is 3.59. The Morgan fingerprint density at radius 1 is 1.48 bits per heavy atom. The maximum Gasteiger partial charge on any atom is 0.335 e. The molecule has 114 valence electrons. The number of aryl methyl sites for hydroxylation is 1. The van der Waals surface area contributed by atoms with Gasteiger partial charge >= 0.3 is 5.97 Å². The number of hydrogen-bond donors (Lipinski definition) is 1. The molecular formula is C15H21N3O3. The van der Waals surface area contributed by atoms with Gasteiger partial charge in [0.1, 0.15) is 5.82 Å². The number of hydrogen-bond acceptors (Lipinski definition) is 5. The minimum atomic E-state index is -0.969. The molecule has 0 saturated carbocycles. The fourth-order valence-electron chi connectivity index (χ4n) is 1.97. The van der Waals surface area contributed by atoms with Crippen LogP contribution in [0.15, 0.2) is 12.1 Å². The second-order valence-corrected chi connectivity index (χ2v) is 4.65. The summed E-state index contributed by atoms with van der Waals surface area (Å²) in [5.74, 6) is -0.381. The lowest BCUT2D eigenvalue weighted by molar-refractivity contribution is 0.0696. The quantitative estimate of drug-likeness (QED) is 0.749. The number of ether oxygens (including phenoxy) is 1. The molecule has 0 atom stereocenters. The Morgan fingerprint density at radius 3 is 2.81 bits per heavy atom. The van der Waals surface area contributed by atoms with Crippen LogP contribution in [0, 0.1) is 11.3 Å². The predicted octanol–water partition coefficient (Wildman–Crippen LogP) is 2.10. The summed E-state index contributed by atoms with van der Waals surface area (Å²) in [5.41, 5.74) is 0.981. The van der Waals surface area contributed by atoms with Gasteiger partial charge in [-0.1, -0.05) is 13.3 Å². The van der Waals surface area contributed by atoms with E-state index in [1.165, 1.54) is 0 Å². The van der Waals surface area contributed by atoms with Gasteiger partial charge in [-0.15, -0.1) is 0 Å². The molecule has 0 amide bonds. The van der Waals surface area contributed by atoms with Gasteiger partial charge in [-0.2, -0.15) is 5.26 Å². The monoisotopic (exact) mass is 291 g/mol. The molecule has 1 heterocycles. The number of aromatic nitrogens is 1. The third-order valence-corrected chi connectivity index (χ3v) is 3.00. The first-order valence-electron chi connectivity index (χ1n) is 6.97. The molecule has 0 aliphatic rings. The van der Waals surface area contributed by atoms with Crippen molar-refractivity contribution < 1.29 is 14.6 Å². The Balaban J connectivity index is 3.08. The topological polar surface area (TPSA) is 86.5 Å². The van der Waals surface area contributed by atoms with Crippen molar-refractivity contribution in [3.8, 4) is 6.07 Å². The standard InChI is InChI=1S/C15H21N3O3/c1-3-5-13-10-12(15(19)20)11-14(17-13)18(7-4-6-16)8-9-21-2/h10-11H,3-5,7-9H2,1-2H3,(H,19,20). The van der Waals surface area contributed by atoms with Gasteiger partial charge in [0, 0.05) is 25.9 Å². The predicted molar refractivity (Wildman–Crippen MR) is 79.5 cm³/mol. The lowest BCUT2D eigenvalue weighted by atomic mass is 10.1. The van der Waals surface area contributed by atoms with Crippen molar-refractivity contribution in [3.05, 3.63) is 23.4 Å². The lowest BCUT2D eigenvalue weighted by Crippen LogP contribution is -2.29. The van der Waals surface area contributed by atoms with Crippen LogP contribution in [0.5, 0.6) is 0 Å². The minimum absolute atomic E-state index is 0.225. The van der Waals surface area contributed by atoms with Gasteiger partial charge in [0.05, 0.1) is 24.7 Å². The van der Waals surface area contributed by atoms with Crippen LogP contribution in [-0.2, 0) is 11.2 Å². The molecule has 0 spiro atoms. The van der Waals surface area contributed by atoms with Gasteiger partial charge in [-0.05, 0) is 18.6 Å². The Kier molecular flexibility index (Phi) is 7.19. The van der Waals surface area contributed by atoms with Gasteiger partial charge < -0.3 is 14.7 Å². The van der Waals surface area contributed by atoms with E-state index >= 15 is 0 Å². The Hall–Kier alpha value is -2.13. The average Bonchev–Trinajstić information content (AvgIpc) is 2.47. The van der Waals surface area contributed by atoms with Crippen molar-refractivity contribution in [1.29, 1.82) is 5.26 Å². The minimum Gasteiger partial charge on any atom is -0.478 e. The van der Waals surface area contributed by atoms with Crippen LogP contribution < -0.4 is 4.90 Å². The van der Waals surface area contributed by atoms with Crippen LogP contribution in [0.1, 0.15) is 35.8 Å². The molecule has 1 rings (SSSR count). The number of aromatic carboxylic acids is 1. The zero-order valence-corrected chi connectivity index (χ0v) is 12.5. The molecule has 0 aliphatic heterocycles. The molecule has 0 aliphatic carbocycles.